The van der Waals surface area contributed by atoms with Gasteiger partial charge in [0.1, 0.15) is 12.0 Å². The molecule has 110 valence electrons. The Morgan fingerprint density at radius 3 is 2.48 bits per heavy atom. The molecule has 0 spiro atoms. The van der Waals surface area contributed by atoms with Gasteiger partial charge in [0.25, 0.3) is 0 Å². The predicted molar refractivity (Wildman–Crippen MR) is 84.9 cm³/mol. The quantitative estimate of drug-likeness (QED) is 0.487. The maximum absolute atomic E-state index is 14.0. The summed E-state index contributed by atoms with van der Waals surface area (Å²) in [6, 6.07) is 4.42. The number of aryl methyl sites for hydroxylation is 1. The van der Waals surface area contributed by atoms with Crippen LogP contribution in [0.25, 0.3) is 0 Å². The molecule has 1 aromatic rings. The third-order valence-electron chi connectivity index (χ3n) is 5.52. The van der Waals surface area contributed by atoms with Crippen LogP contribution in [-0.4, -0.2) is 11.3 Å². The number of allylic oxidation sites excluding steroid dienone is 2. The lowest BCUT2D eigenvalue weighted by Crippen LogP contribution is -2.47. The van der Waals surface area contributed by atoms with E-state index in [4.69, 9.17) is 0 Å². The van der Waals surface area contributed by atoms with E-state index in [2.05, 4.69) is 40.5 Å². The van der Waals surface area contributed by atoms with Crippen LogP contribution in [0.4, 0.5) is 4.39 Å². The van der Waals surface area contributed by atoms with Gasteiger partial charge in [0.2, 0.25) is 0 Å². The van der Waals surface area contributed by atoms with E-state index in [1.54, 1.807) is 12.1 Å². The summed E-state index contributed by atoms with van der Waals surface area (Å²) in [7, 11) is 0. The number of halogens is 1. The summed E-state index contributed by atoms with van der Waals surface area (Å²) in [6.07, 6.45) is 6.16. The summed E-state index contributed by atoms with van der Waals surface area (Å²) < 4.78 is 15.9. The van der Waals surface area contributed by atoms with Crippen LogP contribution in [0.3, 0.4) is 0 Å². The standard InChI is InChI=1S/C19H22FN/c1-12-10-13(20)11-15-16(12)17-14(8-7-9-21(17)6)18(2,3)19(15,4)5/h7-11H,6H2,1-5H3. The van der Waals surface area contributed by atoms with Crippen molar-refractivity contribution in [2.24, 2.45) is 5.41 Å². The summed E-state index contributed by atoms with van der Waals surface area (Å²) >= 11 is 0. The maximum atomic E-state index is 14.0. The lowest BCUT2D eigenvalue weighted by atomic mass is 9.53. The third-order valence-corrected chi connectivity index (χ3v) is 5.52. The van der Waals surface area contributed by atoms with E-state index in [1.807, 2.05) is 23.8 Å². The largest absolute Gasteiger partial charge is 0.255 e. The van der Waals surface area contributed by atoms with Gasteiger partial charge in [0.05, 0.1) is 6.72 Å². The van der Waals surface area contributed by atoms with Crippen LogP contribution in [0.15, 0.2) is 36.1 Å². The van der Waals surface area contributed by atoms with Crippen molar-refractivity contribution in [1.82, 2.24) is 0 Å². The van der Waals surface area contributed by atoms with Crippen molar-refractivity contribution in [3.63, 3.8) is 0 Å². The zero-order valence-electron chi connectivity index (χ0n) is 13.4. The van der Waals surface area contributed by atoms with Gasteiger partial charge in [-0.25, -0.2) is 4.39 Å². The average Bonchev–Trinajstić information content (AvgIpc) is 2.37. The van der Waals surface area contributed by atoms with Gasteiger partial charge in [-0.05, 0) is 22.0 Å². The van der Waals surface area contributed by atoms with E-state index in [-0.39, 0.29) is 16.6 Å². The molecule has 2 heteroatoms. The second-order valence-corrected chi connectivity index (χ2v) is 7.14. The van der Waals surface area contributed by atoms with Gasteiger partial charge in [0.15, 0.2) is 6.04 Å². The number of rotatable bonds is 0. The van der Waals surface area contributed by atoms with E-state index in [9.17, 15) is 4.39 Å². The van der Waals surface area contributed by atoms with Crippen molar-refractivity contribution in [1.29, 1.82) is 0 Å². The summed E-state index contributed by atoms with van der Waals surface area (Å²) in [6.45, 7) is 15.0. The second-order valence-electron chi connectivity index (χ2n) is 7.14. The van der Waals surface area contributed by atoms with Crippen molar-refractivity contribution in [3.8, 4) is 0 Å². The first-order valence-corrected chi connectivity index (χ1v) is 7.35. The molecule has 1 heterocycles. The van der Waals surface area contributed by atoms with Crippen molar-refractivity contribution in [3.05, 3.63) is 64.6 Å². The normalized spacial score (nSPS) is 21.7. The van der Waals surface area contributed by atoms with Gasteiger partial charge in [-0.3, -0.25) is 4.58 Å². The molecular weight excluding hydrogens is 261 g/mol. The molecule has 0 saturated heterocycles. The minimum atomic E-state index is -0.162. The number of hydrogen-bond acceptors (Lipinski definition) is 0. The molecule has 1 aromatic carbocycles. The summed E-state index contributed by atoms with van der Waals surface area (Å²) in [5.41, 5.74) is 4.19. The highest BCUT2D eigenvalue weighted by Gasteiger charge is 2.50. The first-order valence-electron chi connectivity index (χ1n) is 7.35. The Balaban J connectivity index is 2.42. The highest BCUT2D eigenvalue weighted by Crippen LogP contribution is 2.57. The molecule has 0 bridgehead atoms. The van der Waals surface area contributed by atoms with Crippen molar-refractivity contribution < 1.29 is 8.97 Å². The fourth-order valence-electron chi connectivity index (χ4n) is 3.56. The Labute approximate surface area is 126 Å². The summed E-state index contributed by atoms with van der Waals surface area (Å²) in [5, 5.41) is 0. The zero-order valence-corrected chi connectivity index (χ0v) is 13.4. The van der Waals surface area contributed by atoms with Crippen LogP contribution in [0, 0.1) is 24.2 Å². The summed E-state index contributed by atoms with van der Waals surface area (Å²) in [4.78, 5) is 0. The molecule has 0 fully saturated rings. The maximum Gasteiger partial charge on any atom is 0.151 e. The van der Waals surface area contributed by atoms with E-state index < -0.39 is 0 Å². The average molecular weight is 283 g/mol. The topological polar surface area (TPSA) is 3.01 Å². The van der Waals surface area contributed by atoms with E-state index in [1.165, 1.54) is 5.57 Å². The fraction of sp³-hybridized carbons (Fsp3) is 0.368. The van der Waals surface area contributed by atoms with E-state index in [0.29, 0.717) is 0 Å². The molecular formula is C19H22FN. The molecule has 0 unspecified atom stereocenters. The molecule has 1 aliphatic carbocycles. The number of nitrogens with zero attached hydrogens (tertiary/aromatic N) is 1. The van der Waals surface area contributed by atoms with Crippen molar-refractivity contribution >= 4 is 6.72 Å². The van der Waals surface area contributed by atoms with Crippen LogP contribution in [0.2, 0.25) is 0 Å². The van der Waals surface area contributed by atoms with Gasteiger partial charge in [-0.2, -0.15) is 0 Å². The van der Waals surface area contributed by atoms with Crippen LogP contribution in [-0.2, 0) is 5.41 Å². The minimum absolute atomic E-state index is 0.101. The Morgan fingerprint density at radius 1 is 1.14 bits per heavy atom. The monoisotopic (exact) mass is 283 g/mol. The smallest absolute Gasteiger partial charge is 0.151 e. The lowest BCUT2D eigenvalue weighted by Gasteiger charge is -2.53. The second kappa shape index (κ2) is 4.09. The number of benzene rings is 1. The zero-order chi connectivity index (χ0) is 15.6. The molecule has 0 amide bonds. The molecule has 0 atom stereocenters. The van der Waals surface area contributed by atoms with Crippen molar-refractivity contribution in [2.75, 3.05) is 0 Å². The SMILES string of the molecule is C=[N+]1C=CC=C2[C-]1c1c(C)cc(F)cc1C(C)(C)C2(C)C. The van der Waals surface area contributed by atoms with Crippen LogP contribution < -0.4 is 0 Å². The first kappa shape index (κ1) is 14.1. The Kier molecular flexibility index (Phi) is 2.75. The Bertz CT molecular complexity index is 705. The van der Waals surface area contributed by atoms with Crippen LogP contribution >= 0.6 is 0 Å². The Hall–Kier alpha value is -1.83. The first-order chi connectivity index (χ1) is 9.68. The fourth-order valence-corrected chi connectivity index (χ4v) is 3.56. The minimum Gasteiger partial charge on any atom is -0.255 e. The molecule has 0 N–H and O–H groups in total. The molecule has 0 radical (unpaired) electrons. The lowest BCUT2D eigenvalue weighted by molar-refractivity contribution is -0.423. The molecule has 3 rings (SSSR count). The van der Waals surface area contributed by atoms with Gasteiger partial charge < -0.3 is 0 Å². The highest BCUT2D eigenvalue weighted by molar-refractivity contribution is 5.60. The van der Waals surface area contributed by atoms with Gasteiger partial charge in [0, 0.05) is 0 Å². The van der Waals surface area contributed by atoms with Crippen molar-refractivity contribution in [2.45, 2.75) is 40.0 Å². The molecule has 0 aromatic heterocycles. The molecule has 0 saturated carbocycles. The van der Waals surface area contributed by atoms with E-state index in [0.717, 1.165) is 22.7 Å². The predicted octanol–water partition coefficient (Wildman–Crippen LogP) is 4.50. The highest BCUT2D eigenvalue weighted by atomic mass is 19.1. The Morgan fingerprint density at radius 2 is 1.81 bits per heavy atom. The molecule has 1 aliphatic heterocycles. The van der Waals surface area contributed by atoms with Crippen LogP contribution in [0.1, 0.15) is 44.4 Å². The van der Waals surface area contributed by atoms with Gasteiger partial charge in [-0.15, -0.1) is 0 Å². The summed E-state index contributed by atoms with van der Waals surface area (Å²) in [5.74, 6) is -0.162. The van der Waals surface area contributed by atoms with Gasteiger partial charge >= 0.3 is 0 Å². The van der Waals surface area contributed by atoms with Crippen LogP contribution in [0.5, 0.6) is 0 Å². The third kappa shape index (κ3) is 1.68. The van der Waals surface area contributed by atoms with E-state index >= 15 is 0 Å². The molecule has 2 aliphatic rings. The number of hydrogen-bond donors (Lipinski definition) is 0. The molecule has 1 nitrogen and oxygen atoms in total. The number of fused-ring (bicyclic) bond motifs is 3. The van der Waals surface area contributed by atoms with Gasteiger partial charge in [-0.1, -0.05) is 70.0 Å². The molecule has 21 heavy (non-hydrogen) atoms.